The number of nitrogens with zero attached hydrogens (tertiary/aromatic N) is 1. The molecular weight excluding hydrogens is 352 g/mol. The Morgan fingerprint density at radius 2 is 1.92 bits per heavy atom. The highest BCUT2D eigenvalue weighted by Gasteiger charge is 2.11. The molecule has 0 amide bonds. The number of methoxy groups -OCH3 is 1. The van der Waals surface area contributed by atoms with Crippen LogP contribution in [0.2, 0.25) is 0 Å². The normalized spacial score (nSPS) is 11.1. The number of aromatic hydroxyl groups is 1. The molecule has 0 unspecified atom stereocenters. The number of aromatic amines is 1. The second-order valence-electron chi connectivity index (χ2n) is 5.90. The lowest BCUT2D eigenvalue weighted by atomic mass is 10.1. The summed E-state index contributed by atoms with van der Waals surface area (Å²) < 4.78 is 11.0. The third-order valence-corrected chi connectivity index (χ3v) is 4.95. The van der Waals surface area contributed by atoms with Gasteiger partial charge in [-0.2, -0.15) is 0 Å². The minimum absolute atomic E-state index is 0.0690. The van der Waals surface area contributed by atoms with E-state index in [4.69, 9.17) is 9.15 Å². The fourth-order valence-corrected chi connectivity index (χ4v) is 3.54. The van der Waals surface area contributed by atoms with Gasteiger partial charge in [0.1, 0.15) is 11.3 Å². The minimum atomic E-state index is -0.262. The summed E-state index contributed by atoms with van der Waals surface area (Å²) in [6, 6.07) is 13.5. The van der Waals surface area contributed by atoms with Gasteiger partial charge in [-0.15, -0.1) is 0 Å². The number of benzene rings is 2. The molecule has 2 aromatic heterocycles. The summed E-state index contributed by atoms with van der Waals surface area (Å²) in [5, 5.41) is 9.72. The number of rotatable bonds is 5. The van der Waals surface area contributed by atoms with Crippen molar-refractivity contribution in [2.45, 2.75) is 12.8 Å². The molecule has 2 aromatic carbocycles. The predicted molar refractivity (Wildman–Crippen MR) is 99.2 cm³/mol. The molecule has 0 bridgehead atoms. The van der Waals surface area contributed by atoms with E-state index < -0.39 is 0 Å². The second kappa shape index (κ2) is 6.68. The van der Waals surface area contributed by atoms with E-state index in [0.717, 1.165) is 33.7 Å². The van der Waals surface area contributed by atoms with E-state index in [1.165, 1.54) is 0 Å². The van der Waals surface area contributed by atoms with Crippen LogP contribution in [-0.2, 0) is 12.8 Å². The zero-order valence-electron chi connectivity index (χ0n) is 14.0. The molecule has 0 atom stereocenters. The Hall–Kier alpha value is -3.06. The summed E-state index contributed by atoms with van der Waals surface area (Å²) in [6.45, 7) is 0. The van der Waals surface area contributed by atoms with Crippen molar-refractivity contribution in [3.8, 4) is 11.6 Å². The Morgan fingerprint density at radius 1 is 1.15 bits per heavy atom. The molecule has 0 saturated carbocycles. The lowest BCUT2D eigenvalue weighted by molar-refractivity contribution is 0.414. The SMILES string of the molecule is COc1ccc(Cc2nc3cc(Cc4sc(=O)[nH]c4O)ccc3o2)cc1. The Balaban J connectivity index is 1.56. The average molecular weight is 368 g/mol. The first-order valence-electron chi connectivity index (χ1n) is 8.03. The molecule has 7 heteroatoms. The number of aromatic nitrogens is 2. The van der Waals surface area contributed by atoms with Crippen LogP contribution in [0.3, 0.4) is 0 Å². The van der Waals surface area contributed by atoms with Gasteiger partial charge in [0.15, 0.2) is 11.5 Å². The fourth-order valence-electron chi connectivity index (χ4n) is 2.78. The molecule has 6 nitrogen and oxygen atoms in total. The molecule has 2 heterocycles. The van der Waals surface area contributed by atoms with Crippen LogP contribution in [-0.4, -0.2) is 22.2 Å². The van der Waals surface area contributed by atoms with E-state index >= 15 is 0 Å². The van der Waals surface area contributed by atoms with Gasteiger partial charge in [-0.25, -0.2) is 4.98 Å². The van der Waals surface area contributed by atoms with E-state index in [0.29, 0.717) is 29.2 Å². The summed E-state index contributed by atoms with van der Waals surface area (Å²) in [5.74, 6) is 1.38. The third-order valence-electron chi connectivity index (χ3n) is 4.08. The van der Waals surface area contributed by atoms with Gasteiger partial charge in [-0.1, -0.05) is 29.5 Å². The Kier molecular flexibility index (Phi) is 4.22. The molecule has 0 fully saturated rings. The lowest BCUT2D eigenvalue weighted by Crippen LogP contribution is -1.89. The maximum Gasteiger partial charge on any atom is 0.307 e. The van der Waals surface area contributed by atoms with Crippen LogP contribution in [0.15, 0.2) is 51.7 Å². The molecule has 0 spiro atoms. The van der Waals surface area contributed by atoms with E-state index in [-0.39, 0.29) is 10.8 Å². The second-order valence-corrected chi connectivity index (χ2v) is 6.97. The number of hydrogen-bond acceptors (Lipinski definition) is 6. The summed E-state index contributed by atoms with van der Waals surface area (Å²) in [5.41, 5.74) is 3.50. The quantitative estimate of drug-likeness (QED) is 0.563. The molecule has 0 radical (unpaired) electrons. The highest BCUT2D eigenvalue weighted by molar-refractivity contribution is 7.09. The topological polar surface area (TPSA) is 88.3 Å². The van der Waals surface area contributed by atoms with Crippen molar-refractivity contribution in [2.24, 2.45) is 0 Å². The number of hydrogen-bond donors (Lipinski definition) is 2. The number of oxazole rings is 1. The maximum atomic E-state index is 11.3. The molecule has 26 heavy (non-hydrogen) atoms. The predicted octanol–water partition coefficient (Wildman–Crippen LogP) is 3.47. The molecule has 4 rings (SSSR count). The third kappa shape index (κ3) is 3.34. The van der Waals surface area contributed by atoms with Crippen LogP contribution in [0.4, 0.5) is 0 Å². The first-order valence-corrected chi connectivity index (χ1v) is 8.84. The van der Waals surface area contributed by atoms with Crippen molar-refractivity contribution >= 4 is 22.4 Å². The van der Waals surface area contributed by atoms with Crippen LogP contribution in [0.5, 0.6) is 11.6 Å². The van der Waals surface area contributed by atoms with Crippen molar-refractivity contribution in [3.05, 3.63) is 74.0 Å². The summed E-state index contributed by atoms with van der Waals surface area (Å²) in [7, 11) is 1.64. The van der Waals surface area contributed by atoms with Crippen LogP contribution in [0, 0.1) is 0 Å². The Bertz CT molecular complexity index is 1110. The first-order chi connectivity index (χ1) is 12.6. The molecular formula is C19H16N2O4S. The van der Waals surface area contributed by atoms with E-state index in [2.05, 4.69) is 9.97 Å². The molecule has 2 N–H and O–H groups in total. The van der Waals surface area contributed by atoms with Gasteiger partial charge in [-0.3, -0.25) is 9.78 Å². The summed E-state index contributed by atoms with van der Waals surface area (Å²) in [4.78, 5) is 18.6. The summed E-state index contributed by atoms with van der Waals surface area (Å²) in [6.07, 6.45) is 1.06. The molecule has 0 aliphatic carbocycles. The monoisotopic (exact) mass is 368 g/mol. The van der Waals surface area contributed by atoms with Crippen LogP contribution >= 0.6 is 11.3 Å². The minimum Gasteiger partial charge on any atom is -0.497 e. The fraction of sp³-hybridized carbons (Fsp3) is 0.158. The Morgan fingerprint density at radius 3 is 2.62 bits per heavy atom. The molecule has 0 aliphatic rings. The maximum absolute atomic E-state index is 11.3. The van der Waals surface area contributed by atoms with Crippen LogP contribution in [0.1, 0.15) is 21.9 Å². The number of nitrogens with one attached hydrogen (secondary N) is 1. The van der Waals surface area contributed by atoms with Crippen molar-refractivity contribution in [1.29, 1.82) is 0 Å². The molecule has 0 saturated heterocycles. The molecule has 4 aromatic rings. The number of thiazole rings is 1. The van der Waals surface area contributed by atoms with Crippen LogP contribution in [0.25, 0.3) is 11.1 Å². The van der Waals surface area contributed by atoms with Gasteiger partial charge in [0.05, 0.1) is 12.0 Å². The summed E-state index contributed by atoms with van der Waals surface area (Å²) >= 11 is 1.01. The molecule has 132 valence electrons. The first kappa shape index (κ1) is 16.4. The smallest absolute Gasteiger partial charge is 0.307 e. The van der Waals surface area contributed by atoms with E-state index in [1.54, 1.807) is 7.11 Å². The van der Waals surface area contributed by atoms with Gasteiger partial charge in [-0.05, 0) is 35.4 Å². The van der Waals surface area contributed by atoms with Crippen molar-refractivity contribution < 1.29 is 14.3 Å². The van der Waals surface area contributed by atoms with Gasteiger partial charge >= 0.3 is 4.87 Å². The standard InChI is InChI=1S/C19H16N2O4S/c1-24-13-5-2-11(3-6-13)10-17-20-14-8-12(4-7-15(14)25-17)9-16-18(22)21-19(23)26-16/h2-8,22H,9-10H2,1H3,(H,21,23). The number of H-pyrrole nitrogens is 1. The molecule has 0 aliphatic heterocycles. The number of fused-ring (bicyclic) bond motifs is 1. The highest BCUT2D eigenvalue weighted by atomic mass is 32.1. The average Bonchev–Trinajstić information content (AvgIpc) is 3.17. The van der Waals surface area contributed by atoms with Crippen molar-refractivity contribution in [1.82, 2.24) is 9.97 Å². The lowest BCUT2D eigenvalue weighted by Gasteiger charge is -2.00. The zero-order valence-corrected chi connectivity index (χ0v) is 14.8. The van der Waals surface area contributed by atoms with Gasteiger partial charge in [0, 0.05) is 12.8 Å². The number of ether oxygens (including phenoxy) is 1. The van der Waals surface area contributed by atoms with Crippen molar-refractivity contribution in [3.63, 3.8) is 0 Å². The largest absolute Gasteiger partial charge is 0.497 e. The van der Waals surface area contributed by atoms with Gasteiger partial charge in [0.2, 0.25) is 5.88 Å². The highest BCUT2D eigenvalue weighted by Crippen LogP contribution is 2.24. The Labute approximate surface area is 152 Å². The zero-order chi connectivity index (χ0) is 18.1. The van der Waals surface area contributed by atoms with Crippen molar-refractivity contribution in [2.75, 3.05) is 7.11 Å². The van der Waals surface area contributed by atoms with Gasteiger partial charge in [0.25, 0.3) is 0 Å². The van der Waals surface area contributed by atoms with E-state index in [9.17, 15) is 9.90 Å². The van der Waals surface area contributed by atoms with E-state index in [1.807, 2.05) is 42.5 Å². The van der Waals surface area contributed by atoms with Gasteiger partial charge < -0.3 is 14.3 Å². The van der Waals surface area contributed by atoms with Crippen LogP contribution < -0.4 is 9.61 Å².